The molecule has 0 radical (unpaired) electrons. The van der Waals surface area contributed by atoms with E-state index in [1.54, 1.807) is 13.1 Å². The Bertz CT molecular complexity index is 470. The second kappa shape index (κ2) is 6.81. The average Bonchev–Trinajstić information content (AvgIpc) is 2.49. The molecule has 0 bridgehead atoms. The summed E-state index contributed by atoms with van der Waals surface area (Å²) < 4.78 is 13.8. The van der Waals surface area contributed by atoms with Gasteiger partial charge < -0.3 is 11.1 Å². The van der Waals surface area contributed by atoms with E-state index in [-0.39, 0.29) is 17.6 Å². The third-order valence-corrected chi connectivity index (χ3v) is 3.94. The van der Waals surface area contributed by atoms with Gasteiger partial charge in [-0.1, -0.05) is 12.1 Å². The van der Waals surface area contributed by atoms with Crippen molar-refractivity contribution in [1.29, 1.82) is 0 Å². The molecule has 0 aromatic heterocycles. The van der Waals surface area contributed by atoms with E-state index in [0.717, 1.165) is 31.5 Å². The van der Waals surface area contributed by atoms with Gasteiger partial charge in [0.15, 0.2) is 0 Å². The standard InChI is InChI=1S/C15H22FN3O/c1-18-15(20)12-4-6-19(7-5-12)10-13-8-11(9-17)2-3-14(13)16/h2-3,8,12H,4-7,9-10,17H2,1H3,(H,18,20). The molecule has 0 unspecified atom stereocenters. The van der Waals surface area contributed by atoms with E-state index in [1.165, 1.54) is 6.07 Å². The maximum Gasteiger partial charge on any atom is 0.222 e. The number of hydrogen-bond acceptors (Lipinski definition) is 3. The van der Waals surface area contributed by atoms with Crippen molar-refractivity contribution in [3.05, 3.63) is 35.1 Å². The van der Waals surface area contributed by atoms with Gasteiger partial charge in [-0.2, -0.15) is 0 Å². The fraction of sp³-hybridized carbons (Fsp3) is 0.533. The van der Waals surface area contributed by atoms with Crippen LogP contribution in [0.1, 0.15) is 24.0 Å². The summed E-state index contributed by atoms with van der Waals surface area (Å²) in [5.41, 5.74) is 7.22. The Morgan fingerprint density at radius 1 is 1.45 bits per heavy atom. The van der Waals surface area contributed by atoms with Gasteiger partial charge in [-0.3, -0.25) is 9.69 Å². The van der Waals surface area contributed by atoms with Gasteiger partial charge >= 0.3 is 0 Å². The molecule has 1 heterocycles. The number of nitrogens with zero attached hydrogens (tertiary/aromatic N) is 1. The fourth-order valence-corrected chi connectivity index (χ4v) is 2.67. The first-order valence-corrected chi connectivity index (χ1v) is 7.05. The summed E-state index contributed by atoms with van der Waals surface area (Å²) in [6, 6.07) is 5.03. The Kier molecular flexibility index (Phi) is 5.09. The van der Waals surface area contributed by atoms with Crippen molar-refractivity contribution in [3.63, 3.8) is 0 Å². The van der Waals surface area contributed by atoms with Crippen molar-refractivity contribution in [3.8, 4) is 0 Å². The minimum atomic E-state index is -0.185. The Balaban J connectivity index is 1.94. The molecule has 1 aliphatic rings. The highest BCUT2D eigenvalue weighted by Crippen LogP contribution is 2.20. The maximum atomic E-state index is 13.8. The highest BCUT2D eigenvalue weighted by molar-refractivity contribution is 5.78. The van der Waals surface area contributed by atoms with E-state index in [0.29, 0.717) is 18.7 Å². The predicted molar refractivity (Wildman–Crippen MR) is 76.4 cm³/mol. The summed E-state index contributed by atoms with van der Waals surface area (Å²) in [6.45, 7) is 2.65. The molecule has 0 saturated carbocycles. The van der Waals surface area contributed by atoms with Crippen molar-refractivity contribution >= 4 is 5.91 Å². The molecular weight excluding hydrogens is 257 g/mol. The van der Waals surface area contributed by atoms with Crippen molar-refractivity contribution in [1.82, 2.24) is 10.2 Å². The minimum Gasteiger partial charge on any atom is -0.359 e. The monoisotopic (exact) mass is 279 g/mol. The molecule has 1 aromatic carbocycles. The molecule has 3 N–H and O–H groups in total. The molecule has 0 spiro atoms. The predicted octanol–water partition coefficient (Wildman–Crippen LogP) is 1.24. The van der Waals surface area contributed by atoms with Crippen LogP contribution in [0, 0.1) is 11.7 Å². The first-order valence-electron chi connectivity index (χ1n) is 7.05. The zero-order valence-corrected chi connectivity index (χ0v) is 11.9. The molecule has 1 saturated heterocycles. The summed E-state index contributed by atoms with van der Waals surface area (Å²) >= 11 is 0. The summed E-state index contributed by atoms with van der Waals surface area (Å²) in [5, 5.41) is 2.69. The van der Waals surface area contributed by atoms with Crippen molar-refractivity contribution in [2.75, 3.05) is 20.1 Å². The van der Waals surface area contributed by atoms with Gasteiger partial charge in [0.2, 0.25) is 5.91 Å². The molecule has 4 nitrogen and oxygen atoms in total. The number of amides is 1. The molecule has 1 amide bonds. The zero-order valence-electron chi connectivity index (χ0n) is 11.9. The molecule has 2 rings (SSSR count). The molecule has 5 heteroatoms. The first kappa shape index (κ1) is 14.9. The first-order chi connectivity index (χ1) is 9.63. The van der Waals surface area contributed by atoms with E-state index >= 15 is 0 Å². The Morgan fingerprint density at radius 3 is 2.75 bits per heavy atom. The van der Waals surface area contributed by atoms with Crippen molar-refractivity contribution in [2.45, 2.75) is 25.9 Å². The Hall–Kier alpha value is -1.46. The van der Waals surface area contributed by atoms with Crippen LogP contribution in [0.5, 0.6) is 0 Å². The lowest BCUT2D eigenvalue weighted by Gasteiger charge is -2.31. The lowest BCUT2D eigenvalue weighted by Crippen LogP contribution is -2.39. The van der Waals surface area contributed by atoms with Crippen LogP contribution >= 0.6 is 0 Å². The molecule has 0 aliphatic carbocycles. The number of nitrogens with two attached hydrogens (primary N) is 1. The van der Waals surface area contributed by atoms with Crippen molar-refractivity contribution < 1.29 is 9.18 Å². The van der Waals surface area contributed by atoms with Gasteiger partial charge in [-0.15, -0.1) is 0 Å². The van der Waals surface area contributed by atoms with Crippen LogP contribution in [-0.4, -0.2) is 30.9 Å². The molecule has 1 fully saturated rings. The van der Waals surface area contributed by atoms with Gasteiger partial charge in [0.1, 0.15) is 5.82 Å². The van der Waals surface area contributed by atoms with Crippen molar-refractivity contribution in [2.24, 2.45) is 11.7 Å². The van der Waals surface area contributed by atoms with Crippen LogP contribution < -0.4 is 11.1 Å². The fourth-order valence-electron chi connectivity index (χ4n) is 2.67. The molecule has 110 valence electrons. The smallest absolute Gasteiger partial charge is 0.222 e. The van der Waals surface area contributed by atoms with E-state index in [9.17, 15) is 9.18 Å². The SMILES string of the molecule is CNC(=O)C1CCN(Cc2cc(CN)ccc2F)CC1. The summed E-state index contributed by atoms with van der Waals surface area (Å²) in [5.74, 6) is 0.0213. The second-order valence-corrected chi connectivity index (χ2v) is 5.29. The molecule has 1 aliphatic heterocycles. The van der Waals surface area contributed by atoms with E-state index in [1.807, 2.05) is 6.07 Å². The number of hydrogen-bond donors (Lipinski definition) is 2. The van der Waals surface area contributed by atoms with E-state index in [4.69, 9.17) is 5.73 Å². The van der Waals surface area contributed by atoms with E-state index in [2.05, 4.69) is 10.2 Å². The maximum absolute atomic E-state index is 13.8. The zero-order chi connectivity index (χ0) is 14.5. The average molecular weight is 279 g/mol. The van der Waals surface area contributed by atoms with Gasteiger partial charge in [-0.25, -0.2) is 4.39 Å². The largest absolute Gasteiger partial charge is 0.359 e. The summed E-state index contributed by atoms with van der Waals surface area (Å²) in [7, 11) is 1.67. The second-order valence-electron chi connectivity index (χ2n) is 5.29. The number of likely N-dealkylation sites (tertiary alicyclic amines) is 1. The molecule has 1 aromatic rings. The quantitative estimate of drug-likeness (QED) is 0.872. The van der Waals surface area contributed by atoms with Crippen LogP contribution in [0.4, 0.5) is 4.39 Å². The Labute approximate surface area is 119 Å². The van der Waals surface area contributed by atoms with Crippen LogP contribution in [0.3, 0.4) is 0 Å². The number of nitrogens with one attached hydrogen (secondary N) is 1. The number of carbonyl (C=O) groups excluding carboxylic acids is 1. The lowest BCUT2D eigenvalue weighted by atomic mass is 9.95. The number of rotatable bonds is 4. The molecular formula is C15H22FN3O. The lowest BCUT2D eigenvalue weighted by molar-refractivity contribution is -0.125. The normalized spacial score (nSPS) is 17.1. The van der Waals surface area contributed by atoms with Gasteiger partial charge in [0.05, 0.1) is 0 Å². The summed E-state index contributed by atoms with van der Waals surface area (Å²) in [6.07, 6.45) is 1.66. The highest BCUT2D eigenvalue weighted by Gasteiger charge is 2.24. The third kappa shape index (κ3) is 3.55. The number of carbonyl (C=O) groups is 1. The van der Waals surface area contributed by atoms with Crippen LogP contribution in [0.25, 0.3) is 0 Å². The number of piperidine rings is 1. The number of halogens is 1. The van der Waals surface area contributed by atoms with Gasteiger partial charge in [0.25, 0.3) is 0 Å². The van der Waals surface area contributed by atoms with E-state index < -0.39 is 0 Å². The third-order valence-electron chi connectivity index (χ3n) is 3.94. The molecule has 0 atom stereocenters. The van der Waals surface area contributed by atoms with Crippen LogP contribution in [0.15, 0.2) is 18.2 Å². The minimum absolute atomic E-state index is 0.0940. The topological polar surface area (TPSA) is 58.4 Å². The van der Waals surface area contributed by atoms with Crippen LogP contribution in [0.2, 0.25) is 0 Å². The highest BCUT2D eigenvalue weighted by atomic mass is 19.1. The Morgan fingerprint density at radius 2 is 2.15 bits per heavy atom. The summed E-state index contributed by atoms with van der Waals surface area (Å²) in [4.78, 5) is 13.8. The number of benzene rings is 1. The van der Waals surface area contributed by atoms with Gasteiger partial charge in [0, 0.05) is 31.6 Å². The molecule has 20 heavy (non-hydrogen) atoms. The van der Waals surface area contributed by atoms with Crippen LogP contribution in [-0.2, 0) is 17.9 Å². The van der Waals surface area contributed by atoms with Gasteiger partial charge in [-0.05, 0) is 37.6 Å².